The molecule has 3 aliphatic rings. The fraction of sp³-hybridized carbons (Fsp3) is 0.730. The molecule has 0 N–H and O–H groups in total. The molecule has 1 amide bonds. The molecule has 2 heterocycles. The van der Waals surface area contributed by atoms with E-state index in [0.717, 1.165) is 37.7 Å². The molecule has 1 aromatic carbocycles. The molecule has 2 fully saturated rings. The van der Waals surface area contributed by atoms with Crippen molar-refractivity contribution < 1.29 is 38.0 Å². The number of hydrogen-bond acceptors (Lipinski definition) is 9. The van der Waals surface area contributed by atoms with Crippen molar-refractivity contribution in [3.05, 3.63) is 47.2 Å². The summed E-state index contributed by atoms with van der Waals surface area (Å²) in [4.78, 5) is 30.2. The van der Waals surface area contributed by atoms with Gasteiger partial charge < -0.3 is 38.2 Å². The molecule has 264 valence electrons. The first-order valence-corrected chi connectivity index (χ1v) is 17.3. The molecule has 4 rings (SSSR count). The summed E-state index contributed by atoms with van der Waals surface area (Å²) in [7, 11) is 5.86. The number of rotatable bonds is 15. The molecular formula is C37H58N2O8. The number of cyclic esters (lactones) is 1. The van der Waals surface area contributed by atoms with Crippen molar-refractivity contribution in [2.75, 3.05) is 27.7 Å². The minimum absolute atomic E-state index is 0.0108. The highest BCUT2D eigenvalue weighted by molar-refractivity contribution is 5.89. The number of carbonyl (C=O) groups is 2. The van der Waals surface area contributed by atoms with Crippen LogP contribution in [0.5, 0.6) is 0 Å². The fourth-order valence-corrected chi connectivity index (χ4v) is 6.69. The quantitative estimate of drug-likeness (QED) is 0.192. The van der Waals surface area contributed by atoms with Gasteiger partial charge in [0.2, 0.25) is 5.79 Å². The Morgan fingerprint density at radius 1 is 1.15 bits per heavy atom. The van der Waals surface area contributed by atoms with Crippen LogP contribution < -0.4 is 0 Å². The molecule has 47 heavy (non-hydrogen) atoms. The smallest absolute Gasteiger partial charge is 0.410 e. The minimum Gasteiger partial charge on any atom is -0.457 e. The Kier molecular flexibility index (Phi) is 12.4. The summed E-state index contributed by atoms with van der Waals surface area (Å²) in [5.74, 6) is -0.569. The molecule has 7 atom stereocenters. The van der Waals surface area contributed by atoms with Crippen LogP contribution in [0.15, 0.2) is 41.7 Å². The summed E-state index contributed by atoms with van der Waals surface area (Å²) in [6.07, 6.45) is 3.03. The molecule has 0 radical (unpaired) electrons. The van der Waals surface area contributed by atoms with Gasteiger partial charge in [0.05, 0.1) is 29.9 Å². The monoisotopic (exact) mass is 658 g/mol. The maximum Gasteiger partial charge on any atom is 0.410 e. The maximum absolute atomic E-state index is 13.4. The molecule has 0 bridgehead atoms. The number of nitrogens with zero attached hydrogens (tertiary/aromatic N) is 2. The first-order valence-electron chi connectivity index (χ1n) is 17.3. The van der Waals surface area contributed by atoms with E-state index in [1.165, 1.54) is 0 Å². The standard InChI is InChI=1S/C37H58N2O8/c1-11-24(2)21-37(7,42-10)32(20-31-26(4)33(40)47-36(5,6)46-31)45-34-25(3)30(38(8)9)19-29(44-34)22-39(28-17-18-28)35(41)43-23-27-15-13-12-14-16-27/h12-16,24-25,28-30,32,34H,11,17-23H2,1-10H3/t24-,25?,29?,30?,32+,34?,37+/m0/s1. The van der Waals surface area contributed by atoms with Gasteiger partial charge in [0.1, 0.15) is 12.4 Å². The van der Waals surface area contributed by atoms with E-state index in [-0.39, 0.29) is 36.8 Å². The number of carbonyl (C=O) groups excluding carboxylic acids is 2. The number of benzene rings is 1. The third-order valence-corrected chi connectivity index (χ3v) is 10.1. The zero-order chi connectivity index (χ0) is 34.5. The van der Waals surface area contributed by atoms with Crippen molar-refractivity contribution in [3.8, 4) is 0 Å². The molecule has 10 nitrogen and oxygen atoms in total. The van der Waals surface area contributed by atoms with E-state index >= 15 is 0 Å². The molecule has 0 spiro atoms. The summed E-state index contributed by atoms with van der Waals surface area (Å²) in [6, 6.07) is 10.0. The number of hydrogen-bond donors (Lipinski definition) is 0. The van der Waals surface area contributed by atoms with Gasteiger partial charge in [-0.1, -0.05) is 57.5 Å². The van der Waals surface area contributed by atoms with Crippen molar-refractivity contribution in [1.29, 1.82) is 0 Å². The molecule has 1 saturated carbocycles. The Morgan fingerprint density at radius 2 is 1.83 bits per heavy atom. The van der Waals surface area contributed by atoms with E-state index in [1.807, 2.05) is 35.2 Å². The highest BCUT2D eigenvalue weighted by Crippen LogP contribution is 2.39. The fourth-order valence-electron chi connectivity index (χ4n) is 6.69. The second-order valence-electron chi connectivity index (χ2n) is 14.7. The molecular weight excluding hydrogens is 600 g/mol. The lowest BCUT2D eigenvalue weighted by Crippen LogP contribution is -2.56. The van der Waals surface area contributed by atoms with Crippen LogP contribution in [0.25, 0.3) is 0 Å². The van der Waals surface area contributed by atoms with E-state index in [2.05, 4.69) is 46.7 Å². The highest BCUT2D eigenvalue weighted by atomic mass is 16.7. The van der Waals surface area contributed by atoms with Gasteiger partial charge in [-0.05, 0) is 65.1 Å². The topological polar surface area (TPSA) is 96.0 Å². The second-order valence-corrected chi connectivity index (χ2v) is 14.7. The van der Waals surface area contributed by atoms with E-state index in [0.29, 0.717) is 30.2 Å². The van der Waals surface area contributed by atoms with Gasteiger partial charge >= 0.3 is 12.1 Å². The summed E-state index contributed by atoms with van der Waals surface area (Å²) >= 11 is 0. The van der Waals surface area contributed by atoms with Gasteiger partial charge in [-0.2, -0.15) is 0 Å². The third kappa shape index (κ3) is 9.71. The van der Waals surface area contributed by atoms with Crippen molar-refractivity contribution in [2.24, 2.45) is 11.8 Å². The van der Waals surface area contributed by atoms with Crippen LogP contribution in [-0.2, 0) is 39.8 Å². The lowest BCUT2D eigenvalue weighted by atomic mass is 9.84. The molecule has 1 saturated heterocycles. The van der Waals surface area contributed by atoms with Gasteiger partial charge in [0, 0.05) is 45.4 Å². The minimum atomic E-state index is -1.09. The zero-order valence-corrected chi connectivity index (χ0v) is 30.2. The van der Waals surface area contributed by atoms with Gasteiger partial charge in [-0.25, -0.2) is 9.59 Å². The van der Waals surface area contributed by atoms with Gasteiger partial charge in [0.15, 0.2) is 6.29 Å². The lowest BCUT2D eigenvalue weighted by molar-refractivity contribution is -0.280. The van der Waals surface area contributed by atoms with Crippen molar-refractivity contribution in [1.82, 2.24) is 9.80 Å². The number of ether oxygens (including phenoxy) is 6. The highest BCUT2D eigenvalue weighted by Gasteiger charge is 2.47. The summed E-state index contributed by atoms with van der Waals surface area (Å²) in [5, 5.41) is 0. The van der Waals surface area contributed by atoms with Crippen molar-refractivity contribution >= 4 is 12.1 Å². The van der Waals surface area contributed by atoms with Crippen LogP contribution in [0.2, 0.25) is 0 Å². The van der Waals surface area contributed by atoms with Crippen molar-refractivity contribution in [2.45, 2.75) is 136 Å². The van der Waals surface area contributed by atoms with Crippen LogP contribution in [0.4, 0.5) is 4.79 Å². The summed E-state index contributed by atoms with van der Waals surface area (Å²) < 4.78 is 37.5. The first kappa shape index (κ1) is 37.2. The van der Waals surface area contributed by atoms with E-state index in [1.54, 1.807) is 27.9 Å². The summed E-state index contributed by atoms with van der Waals surface area (Å²) in [5.41, 5.74) is 0.673. The van der Waals surface area contributed by atoms with E-state index in [4.69, 9.17) is 28.4 Å². The van der Waals surface area contributed by atoms with Crippen molar-refractivity contribution in [3.63, 3.8) is 0 Å². The number of amides is 1. The van der Waals surface area contributed by atoms with E-state index in [9.17, 15) is 9.59 Å². The molecule has 2 aliphatic heterocycles. The average Bonchev–Trinajstić information content (AvgIpc) is 3.87. The van der Waals surface area contributed by atoms with E-state index < -0.39 is 29.8 Å². The zero-order valence-electron chi connectivity index (χ0n) is 30.2. The Hall–Kier alpha value is -2.66. The predicted octanol–water partition coefficient (Wildman–Crippen LogP) is 6.67. The van der Waals surface area contributed by atoms with Crippen LogP contribution in [0.3, 0.4) is 0 Å². The maximum atomic E-state index is 13.4. The van der Waals surface area contributed by atoms with Gasteiger partial charge in [-0.15, -0.1) is 0 Å². The normalized spacial score (nSPS) is 27.0. The molecule has 4 unspecified atom stereocenters. The Bertz CT molecular complexity index is 1230. The third-order valence-electron chi connectivity index (χ3n) is 10.1. The van der Waals surface area contributed by atoms with Crippen LogP contribution >= 0.6 is 0 Å². The number of methoxy groups -OCH3 is 1. The van der Waals surface area contributed by atoms with Crippen LogP contribution in [0, 0.1) is 11.8 Å². The Labute approximate surface area is 282 Å². The Morgan fingerprint density at radius 3 is 2.43 bits per heavy atom. The van der Waals surface area contributed by atoms with Gasteiger partial charge in [-0.3, -0.25) is 0 Å². The largest absolute Gasteiger partial charge is 0.457 e. The SMILES string of the molecule is CC[C@H](C)C[C@@](C)(OC)[C@@H](CC1=C(C)C(=O)OC(C)(C)O1)OC1OC(CN(C(=O)OCc2ccccc2)C2CC2)CC(N(C)C)C1C. The number of esters is 1. The second kappa shape index (κ2) is 15.7. The first-order chi connectivity index (χ1) is 22.2. The molecule has 10 heteroatoms. The summed E-state index contributed by atoms with van der Waals surface area (Å²) in [6.45, 7) is 14.4. The lowest BCUT2D eigenvalue weighted by Gasteiger charge is -2.47. The molecule has 1 aromatic rings. The van der Waals surface area contributed by atoms with Gasteiger partial charge in [0.25, 0.3) is 0 Å². The van der Waals surface area contributed by atoms with Crippen LogP contribution in [-0.4, -0.2) is 91.6 Å². The predicted molar refractivity (Wildman–Crippen MR) is 179 cm³/mol. The van der Waals surface area contributed by atoms with Crippen LogP contribution in [0.1, 0.15) is 92.6 Å². The molecule has 1 aliphatic carbocycles. The molecule has 0 aromatic heterocycles. The average molecular weight is 659 g/mol. The Balaban J connectivity index is 1.58.